The first kappa shape index (κ1) is 14.3. The predicted molar refractivity (Wildman–Crippen MR) is 74.5 cm³/mol. The van der Waals surface area contributed by atoms with E-state index in [1.807, 2.05) is 24.3 Å². The molecular formula is C13H20N2O3S. The molecule has 2 N–H and O–H groups in total. The normalized spacial score (nSPS) is 20.2. The molecular weight excluding hydrogens is 264 g/mol. The van der Waals surface area contributed by atoms with E-state index in [0.29, 0.717) is 25.9 Å². The van der Waals surface area contributed by atoms with Gasteiger partial charge in [-0.25, -0.2) is 12.7 Å². The Hall–Kier alpha value is -1.11. The Bertz CT molecular complexity index is 532. The summed E-state index contributed by atoms with van der Waals surface area (Å²) in [5.74, 6) is 0.793. The van der Waals surface area contributed by atoms with E-state index in [9.17, 15) is 8.42 Å². The van der Waals surface area contributed by atoms with Crippen LogP contribution < -0.4 is 10.5 Å². The van der Waals surface area contributed by atoms with Crippen molar-refractivity contribution >= 4 is 10.0 Å². The van der Waals surface area contributed by atoms with Gasteiger partial charge in [0.1, 0.15) is 5.75 Å². The van der Waals surface area contributed by atoms with E-state index in [0.717, 1.165) is 11.3 Å². The SMILES string of the molecule is COc1ccc(C2(N)CCN(S(C)(=O)=O)CC2)cc1. The van der Waals surface area contributed by atoms with E-state index in [4.69, 9.17) is 10.5 Å². The summed E-state index contributed by atoms with van der Waals surface area (Å²) in [5.41, 5.74) is 6.99. The standard InChI is InChI=1S/C13H20N2O3S/c1-18-12-5-3-11(4-6-12)13(14)7-9-15(10-8-13)19(2,16)17/h3-6H,7-10,14H2,1-2H3. The molecule has 19 heavy (non-hydrogen) atoms. The van der Waals surface area contributed by atoms with Crippen LogP contribution in [0.1, 0.15) is 18.4 Å². The van der Waals surface area contributed by atoms with E-state index < -0.39 is 15.6 Å². The third kappa shape index (κ3) is 3.08. The largest absolute Gasteiger partial charge is 0.497 e. The van der Waals surface area contributed by atoms with E-state index in [1.54, 1.807) is 7.11 Å². The molecule has 1 aromatic carbocycles. The maximum absolute atomic E-state index is 11.5. The maximum atomic E-state index is 11.5. The summed E-state index contributed by atoms with van der Waals surface area (Å²) in [6.45, 7) is 0.947. The van der Waals surface area contributed by atoms with Gasteiger partial charge >= 0.3 is 0 Å². The van der Waals surface area contributed by atoms with E-state index in [1.165, 1.54) is 10.6 Å². The quantitative estimate of drug-likeness (QED) is 0.895. The zero-order valence-corrected chi connectivity index (χ0v) is 12.1. The molecule has 0 atom stereocenters. The van der Waals surface area contributed by atoms with E-state index >= 15 is 0 Å². The fraction of sp³-hybridized carbons (Fsp3) is 0.538. The molecule has 6 heteroatoms. The van der Waals surface area contributed by atoms with Gasteiger partial charge in [0.25, 0.3) is 0 Å². The van der Waals surface area contributed by atoms with Crippen molar-refractivity contribution in [2.75, 3.05) is 26.5 Å². The molecule has 0 spiro atoms. The predicted octanol–water partition coefficient (Wildman–Crippen LogP) is 0.905. The molecule has 1 aliphatic rings. The summed E-state index contributed by atoms with van der Waals surface area (Å²) < 4.78 is 29.6. The number of piperidine rings is 1. The second kappa shape index (κ2) is 5.11. The number of nitrogens with two attached hydrogens (primary N) is 1. The number of rotatable bonds is 3. The van der Waals surface area contributed by atoms with Crippen LogP contribution in [0.15, 0.2) is 24.3 Å². The maximum Gasteiger partial charge on any atom is 0.211 e. The van der Waals surface area contributed by atoms with Crippen LogP contribution in [-0.4, -0.2) is 39.2 Å². The van der Waals surface area contributed by atoms with Crippen LogP contribution in [-0.2, 0) is 15.6 Å². The molecule has 0 radical (unpaired) electrons. The van der Waals surface area contributed by atoms with Crippen LogP contribution in [0.4, 0.5) is 0 Å². The third-order valence-electron chi connectivity index (χ3n) is 3.75. The number of hydrogen-bond donors (Lipinski definition) is 1. The molecule has 106 valence electrons. The molecule has 2 rings (SSSR count). The fourth-order valence-electron chi connectivity index (χ4n) is 2.43. The average molecular weight is 284 g/mol. The third-order valence-corrected chi connectivity index (χ3v) is 5.05. The minimum atomic E-state index is -3.11. The molecule has 1 heterocycles. The highest BCUT2D eigenvalue weighted by Crippen LogP contribution is 2.32. The van der Waals surface area contributed by atoms with Crippen LogP contribution in [0.3, 0.4) is 0 Å². The second-order valence-electron chi connectivity index (χ2n) is 5.05. The summed E-state index contributed by atoms with van der Waals surface area (Å²) in [7, 11) is -1.49. The minimum Gasteiger partial charge on any atom is -0.497 e. The number of nitrogens with zero attached hydrogens (tertiary/aromatic N) is 1. The number of methoxy groups -OCH3 is 1. The lowest BCUT2D eigenvalue weighted by atomic mass is 9.82. The summed E-state index contributed by atoms with van der Waals surface area (Å²) >= 11 is 0. The Labute approximate surface area is 114 Å². The average Bonchev–Trinajstić information content (AvgIpc) is 2.38. The Balaban J connectivity index is 2.13. The van der Waals surface area contributed by atoms with Crippen LogP contribution in [0, 0.1) is 0 Å². The Morgan fingerprint density at radius 3 is 2.16 bits per heavy atom. The number of hydrogen-bond acceptors (Lipinski definition) is 4. The van der Waals surface area contributed by atoms with Gasteiger partial charge in [0.2, 0.25) is 10.0 Å². The van der Waals surface area contributed by atoms with Crippen LogP contribution in [0.2, 0.25) is 0 Å². The van der Waals surface area contributed by atoms with Gasteiger partial charge in [0.15, 0.2) is 0 Å². The summed E-state index contributed by atoms with van der Waals surface area (Å²) in [4.78, 5) is 0. The van der Waals surface area contributed by atoms with Crippen molar-refractivity contribution in [1.29, 1.82) is 0 Å². The minimum absolute atomic E-state index is 0.451. The van der Waals surface area contributed by atoms with Gasteiger partial charge < -0.3 is 10.5 Å². The van der Waals surface area contributed by atoms with Crippen molar-refractivity contribution in [1.82, 2.24) is 4.31 Å². The van der Waals surface area contributed by atoms with E-state index in [-0.39, 0.29) is 0 Å². The van der Waals surface area contributed by atoms with Gasteiger partial charge in [-0.3, -0.25) is 0 Å². The van der Waals surface area contributed by atoms with Gasteiger partial charge in [0.05, 0.1) is 13.4 Å². The Kier molecular flexibility index (Phi) is 3.85. The second-order valence-corrected chi connectivity index (χ2v) is 7.03. The number of benzene rings is 1. The highest BCUT2D eigenvalue weighted by atomic mass is 32.2. The molecule has 0 unspecified atom stereocenters. The van der Waals surface area contributed by atoms with Crippen LogP contribution >= 0.6 is 0 Å². The van der Waals surface area contributed by atoms with Crippen molar-refractivity contribution in [3.05, 3.63) is 29.8 Å². The van der Waals surface area contributed by atoms with Crippen molar-refractivity contribution < 1.29 is 13.2 Å². The molecule has 0 amide bonds. The Morgan fingerprint density at radius 2 is 1.74 bits per heavy atom. The smallest absolute Gasteiger partial charge is 0.211 e. The molecule has 0 bridgehead atoms. The number of sulfonamides is 1. The highest BCUT2D eigenvalue weighted by molar-refractivity contribution is 7.88. The fourth-order valence-corrected chi connectivity index (χ4v) is 3.27. The van der Waals surface area contributed by atoms with Gasteiger partial charge in [-0.15, -0.1) is 0 Å². The summed E-state index contributed by atoms with van der Waals surface area (Å²) in [5, 5.41) is 0. The monoisotopic (exact) mass is 284 g/mol. The summed E-state index contributed by atoms with van der Waals surface area (Å²) in [6.07, 6.45) is 2.50. The zero-order chi connectivity index (χ0) is 14.1. The highest BCUT2D eigenvalue weighted by Gasteiger charge is 2.34. The molecule has 1 fully saturated rings. The lowest BCUT2D eigenvalue weighted by Gasteiger charge is -2.38. The first-order chi connectivity index (χ1) is 8.85. The van der Waals surface area contributed by atoms with Gasteiger partial charge in [-0.2, -0.15) is 0 Å². The molecule has 1 aromatic rings. The first-order valence-corrected chi connectivity index (χ1v) is 8.08. The van der Waals surface area contributed by atoms with Gasteiger partial charge in [-0.1, -0.05) is 12.1 Å². The van der Waals surface area contributed by atoms with Crippen LogP contribution in [0.5, 0.6) is 5.75 Å². The Morgan fingerprint density at radius 1 is 1.21 bits per heavy atom. The molecule has 0 aromatic heterocycles. The molecule has 0 saturated carbocycles. The number of ether oxygens (including phenoxy) is 1. The molecule has 1 aliphatic heterocycles. The lowest BCUT2D eigenvalue weighted by Crippen LogP contribution is -2.49. The lowest BCUT2D eigenvalue weighted by molar-refractivity contribution is 0.239. The van der Waals surface area contributed by atoms with E-state index in [2.05, 4.69) is 0 Å². The van der Waals surface area contributed by atoms with Crippen molar-refractivity contribution in [2.45, 2.75) is 18.4 Å². The van der Waals surface area contributed by atoms with Gasteiger partial charge in [-0.05, 0) is 30.5 Å². The summed E-state index contributed by atoms with van der Waals surface area (Å²) in [6, 6.07) is 7.67. The molecule has 5 nitrogen and oxygen atoms in total. The topological polar surface area (TPSA) is 72.6 Å². The van der Waals surface area contributed by atoms with Gasteiger partial charge in [0, 0.05) is 18.6 Å². The van der Waals surface area contributed by atoms with Crippen molar-refractivity contribution in [2.24, 2.45) is 5.73 Å². The molecule has 1 saturated heterocycles. The van der Waals surface area contributed by atoms with Crippen molar-refractivity contribution in [3.63, 3.8) is 0 Å². The van der Waals surface area contributed by atoms with Crippen molar-refractivity contribution in [3.8, 4) is 5.75 Å². The zero-order valence-electron chi connectivity index (χ0n) is 11.3. The first-order valence-electron chi connectivity index (χ1n) is 6.24. The molecule has 0 aliphatic carbocycles. The van der Waals surface area contributed by atoms with Crippen LogP contribution in [0.25, 0.3) is 0 Å².